The van der Waals surface area contributed by atoms with E-state index >= 15 is 0 Å². The standard InChI is InChI=1S/C19H20N2O3/c1-12(20-13-7-5-4-6-8-13)9-15-14-10-17(23-2)18(24-3)11-16(14)21-19(15)22/h4-12,20H,1-3H3,(H,21,22). The second-order valence-electron chi connectivity index (χ2n) is 5.59. The number of hydrogen-bond acceptors (Lipinski definition) is 4. The van der Waals surface area contributed by atoms with Crippen molar-refractivity contribution in [3.8, 4) is 11.5 Å². The van der Waals surface area contributed by atoms with E-state index in [4.69, 9.17) is 9.47 Å². The average Bonchev–Trinajstić information content (AvgIpc) is 2.89. The van der Waals surface area contributed by atoms with Gasteiger partial charge in [-0.1, -0.05) is 18.2 Å². The maximum Gasteiger partial charge on any atom is 0.256 e. The molecule has 0 fully saturated rings. The molecule has 0 aromatic heterocycles. The number of ether oxygens (including phenoxy) is 2. The minimum Gasteiger partial charge on any atom is -0.493 e. The number of hydrogen-bond donors (Lipinski definition) is 2. The Labute approximate surface area is 141 Å². The number of amides is 1. The van der Waals surface area contributed by atoms with Gasteiger partial charge in [0.2, 0.25) is 0 Å². The topological polar surface area (TPSA) is 59.6 Å². The molecule has 2 aromatic carbocycles. The van der Waals surface area contributed by atoms with E-state index in [1.807, 2.05) is 49.4 Å². The lowest BCUT2D eigenvalue weighted by Crippen LogP contribution is -2.14. The molecule has 1 aliphatic rings. The summed E-state index contributed by atoms with van der Waals surface area (Å²) in [6.07, 6.45) is 1.92. The average molecular weight is 324 g/mol. The predicted octanol–water partition coefficient (Wildman–Crippen LogP) is 3.54. The maximum atomic E-state index is 12.3. The first kappa shape index (κ1) is 15.9. The van der Waals surface area contributed by atoms with Gasteiger partial charge >= 0.3 is 0 Å². The van der Waals surface area contributed by atoms with Crippen molar-refractivity contribution >= 4 is 22.9 Å². The molecule has 0 bridgehead atoms. The van der Waals surface area contributed by atoms with Crippen molar-refractivity contribution in [2.24, 2.45) is 0 Å². The number of nitrogens with one attached hydrogen (secondary N) is 2. The molecule has 2 N–H and O–H groups in total. The summed E-state index contributed by atoms with van der Waals surface area (Å²) in [7, 11) is 3.15. The molecule has 0 aliphatic carbocycles. The Morgan fingerprint density at radius 2 is 1.75 bits per heavy atom. The Morgan fingerprint density at radius 1 is 1.08 bits per heavy atom. The van der Waals surface area contributed by atoms with Crippen molar-refractivity contribution in [1.29, 1.82) is 0 Å². The second-order valence-corrected chi connectivity index (χ2v) is 5.59. The van der Waals surface area contributed by atoms with Crippen LogP contribution in [0, 0.1) is 0 Å². The van der Waals surface area contributed by atoms with E-state index in [-0.39, 0.29) is 11.9 Å². The van der Waals surface area contributed by atoms with Gasteiger partial charge in [-0.2, -0.15) is 0 Å². The van der Waals surface area contributed by atoms with Crippen molar-refractivity contribution < 1.29 is 14.3 Å². The van der Waals surface area contributed by atoms with Gasteiger partial charge in [-0.3, -0.25) is 4.79 Å². The van der Waals surface area contributed by atoms with Gasteiger partial charge in [-0.05, 0) is 31.2 Å². The first-order valence-electron chi connectivity index (χ1n) is 7.73. The Kier molecular flexibility index (Phi) is 4.42. The van der Waals surface area contributed by atoms with Crippen molar-refractivity contribution in [3.63, 3.8) is 0 Å². The normalized spacial score (nSPS) is 15.6. The van der Waals surface area contributed by atoms with Gasteiger partial charge in [0.1, 0.15) is 0 Å². The highest BCUT2D eigenvalue weighted by Crippen LogP contribution is 2.40. The van der Waals surface area contributed by atoms with Crippen LogP contribution in [-0.4, -0.2) is 26.2 Å². The molecular formula is C19H20N2O3. The Balaban J connectivity index is 1.91. The number of carbonyl (C=O) groups excluding carboxylic acids is 1. The van der Waals surface area contributed by atoms with Crippen LogP contribution in [0.4, 0.5) is 11.4 Å². The molecule has 1 unspecified atom stereocenters. The van der Waals surface area contributed by atoms with Gasteiger partial charge in [-0.25, -0.2) is 0 Å². The van der Waals surface area contributed by atoms with Crippen LogP contribution in [0.3, 0.4) is 0 Å². The zero-order valence-corrected chi connectivity index (χ0v) is 13.9. The van der Waals surface area contributed by atoms with E-state index in [0.717, 1.165) is 16.9 Å². The van der Waals surface area contributed by atoms with Gasteiger partial charge in [0.15, 0.2) is 11.5 Å². The minimum atomic E-state index is -0.123. The summed E-state index contributed by atoms with van der Waals surface area (Å²) >= 11 is 0. The van der Waals surface area contributed by atoms with Gasteiger partial charge in [0.05, 0.1) is 19.9 Å². The summed E-state index contributed by atoms with van der Waals surface area (Å²) < 4.78 is 10.6. The molecule has 0 saturated heterocycles. The molecule has 0 saturated carbocycles. The SMILES string of the molecule is COc1cc2c(cc1OC)C(=CC(C)Nc1ccccc1)C(=O)N2. The minimum absolute atomic E-state index is 0.00723. The zero-order valence-electron chi connectivity index (χ0n) is 13.9. The third kappa shape index (κ3) is 3.06. The van der Waals surface area contributed by atoms with E-state index in [1.54, 1.807) is 20.3 Å². The Bertz CT molecular complexity index is 785. The molecule has 124 valence electrons. The van der Waals surface area contributed by atoms with E-state index < -0.39 is 0 Å². The van der Waals surface area contributed by atoms with Crippen LogP contribution in [0.15, 0.2) is 48.5 Å². The van der Waals surface area contributed by atoms with Gasteiger partial charge in [-0.15, -0.1) is 0 Å². The Morgan fingerprint density at radius 3 is 2.42 bits per heavy atom. The summed E-state index contributed by atoms with van der Waals surface area (Å²) in [4.78, 5) is 12.3. The molecule has 2 aromatic rings. The fourth-order valence-electron chi connectivity index (χ4n) is 2.77. The summed E-state index contributed by atoms with van der Waals surface area (Å²) in [5.41, 5.74) is 3.19. The van der Waals surface area contributed by atoms with Crippen LogP contribution in [-0.2, 0) is 4.79 Å². The lowest BCUT2D eigenvalue weighted by atomic mass is 10.0. The van der Waals surface area contributed by atoms with Crippen LogP contribution in [0.1, 0.15) is 12.5 Å². The monoisotopic (exact) mass is 324 g/mol. The molecule has 0 spiro atoms. The van der Waals surface area contributed by atoms with E-state index in [2.05, 4.69) is 10.6 Å². The summed E-state index contributed by atoms with van der Waals surface area (Å²) in [6, 6.07) is 13.5. The number of anilines is 2. The van der Waals surface area contributed by atoms with Crippen LogP contribution in [0.25, 0.3) is 5.57 Å². The lowest BCUT2D eigenvalue weighted by Gasteiger charge is -2.13. The number of benzene rings is 2. The van der Waals surface area contributed by atoms with Crippen LogP contribution < -0.4 is 20.1 Å². The first-order valence-corrected chi connectivity index (χ1v) is 7.73. The van der Waals surface area contributed by atoms with E-state index in [9.17, 15) is 4.79 Å². The highest BCUT2D eigenvalue weighted by atomic mass is 16.5. The first-order chi connectivity index (χ1) is 11.6. The van der Waals surface area contributed by atoms with Crippen molar-refractivity contribution in [2.75, 3.05) is 24.9 Å². The van der Waals surface area contributed by atoms with Crippen molar-refractivity contribution in [1.82, 2.24) is 0 Å². The molecular weight excluding hydrogens is 304 g/mol. The summed E-state index contributed by atoms with van der Waals surface area (Å²) in [6.45, 7) is 2.01. The van der Waals surface area contributed by atoms with Crippen molar-refractivity contribution in [2.45, 2.75) is 13.0 Å². The predicted molar refractivity (Wildman–Crippen MR) is 95.7 cm³/mol. The van der Waals surface area contributed by atoms with Crippen LogP contribution in [0.5, 0.6) is 11.5 Å². The fourth-order valence-corrected chi connectivity index (χ4v) is 2.77. The van der Waals surface area contributed by atoms with Crippen LogP contribution in [0.2, 0.25) is 0 Å². The van der Waals surface area contributed by atoms with Crippen molar-refractivity contribution in [3.05, 3.63) is 54.1 Å². The molecule has 1 atom stereocenters. The molecule has 1 amide bonds. The number of fused-ring (bicyclic) bond motifs is 1. The number of rotatable bonds is 5. The molecule has 5 nitrogen and oxygen atoms in total. The zero-order chi connectivity index (χ0) is 17.1. The summed E-state index contributed by atoms with van der Waals surface area (Å²) in [5, 5.41) is 6.23. The van der Waals surface area contributed by atoms with E-state index in [0.29, 0.717) is 17.1 Å². The molecule has 1 aliphatic heterocycles. The molecule has 5 heteroatoms. The second kappa shape index (κ2) is 6.66. The molecule has 0 radical (unpaired) electrons. The van der Waals surface area contributed by atoms with Gasteiger partial charge in [0.25, 0.3) is 5.91 Å². The molecule has 24 heavy (non-hydrogen) atoms. The fraction of sp³-hybridized carbons (Fsp3) is 0.211. The maximum absolute atomic E-state index is 12.3. The summed E-state index contributed by atoms with van der Waals surface area (Å²) in [5.74, 6) is 1.07. The Hall–Kier alpha value is -2.95. The number of carbonyl (C=O) groups is 1. The quantitative estimate of drug-likeness (QED) is 0.826. The third-order valence-electron chi connectivity index (χ3n) is 3.89. The lowest BCUT2D eigenvalue weighted by molar-refractivity contribution is -0.110. The largest absolute Gasteiger partial charge is 0.493 e. The number of methoxy groups -OCH3 is 2. The third-order valence-corrected chi connectivity index (χ3v) is 3.89. The highest BCUT2D eigenvalue weighted by Gasteiger charge is 2.27. The number of para-hydroxylation sites is 1. The molecule has 3 rings (SSSR count). The molecule has 1 heterocycles. The van der Waals surface area contributed by atoms with E-state index in [1.165, 1.54) is 0 Å². The smallest absolute Gasteiger partial charge is 0.256 e. The van der Waals surface area contributed by atoms with Gasteiger partial charge < -0.3 is 20.1 Å². The highest BCUT2D eigenvalue weighted by molar-refractivity contribution is 6.31. The van der Waals surface area contributed by atoms with Gasteiger partial charge in [0, 0.05) is 28.9 Å². The van der Waals surface area contributed by atoms with Crippen LogP contribution >= 0.6 is 0 Å².